The summed E-state index contributed by atoms with van der Waals surface area (Å²) in [7, 11) is 0. The fourth-order valence-corrected chi connectivity index (χ4v) is 1.51. The SMILES string of the molecule is N[C@@H]1COC2C(O)COC21. The van der Waals surface area contributed by atoms with Crippen LogP contribution in [-0.2, 0) is 9.47 Å². The van der Waals surface area contributed by atoms with Crippen molar-refractivity contribution < 1.29 is 14.6 Å². The highest BCUT2D eigenvalue weighted by molar-refractivity contribution is 4.95. The number of nitrogens with two attached hydrogens (primary N) is 1. The zero-order valence-electron chi connectivity index (χ0n) is 5.56. The Balaban J connectivity index is 2.09. The van der Waals surface area contributed by atoms with E-state index in [2.05, 4.69) is 0 Å². The van der Waals surface area contributed by atoms with Gasteiger partial charge in [0.2, 0.25) is 0 Å². The van der Waals surface area contributed by atoms with Crippen LogP contribution in [0.4, 0.5) is 0 Å². The predicted molar refractivity (Wildman–Crippen MR) is 33.5 cm³/mol. The van der Waals surface area contributed by atoms with E-state index in [1.54, 1.807) is 0 Å². The lowest BCUT2D eigenvalue weighted by molar-refractivity contribution is 0.0182. The van der Waals surface area contributed by atoms with Crippen molar-refractivity contribution in [3.05, 3.63) is 0 Å². The molecule has 2 heterocycles. The van der Waals surface area contributed by atoms with Crippen LogP contribution in [0.1, 0.15) is 0 Å². The number of ether oxygens (including phenoxy) is 2. The first-order valence-electron chi connectivity index (χ1n) is 3.46. The standard InChI is InChI=1S/C6H11NO3/c7-3-1-9-6-4(8)2-10-5(3)6/h3-6,8H,1-2,7H2/t3-,4?,5?,6?/m1/s1. The van der Waals surface area contributed by atoms with Gasteiger partial charge in [-0.15, -0.1) is 0 Å². The molecule has 2 aliphatic rings. The first kappa shape index (κ1) is 6.54. The quantitative estimate of drug-likeness (QED) is 0.434. The van der Waals surface area contributed by atoms with Gasteiger partial charge >= 0.3 is 0 Å². The van der Waals surface area contributed by atoms with E-state index in [4.69, 9.17) is 15.2 Å². The lowest BCUT2D eigenvalue weighted by Gasteiger charge is -2.10. The van der Waals surface area contributed by atoms with Gasteiger partial charge in [0.05, 0.1) is 19.3 Å². The molecule has 3 unspecified atom stereocenters. The number of hydrogen-bond donors (Lipinski definition) is 2. The fraction of sp³-hybridized carbons (Fsp3) is 1.00. The van der Waals surface area contributed by atoms with Crippen LogP contribution in [0.25, 0.3) is 0 Å². The van der Waals surface area contributed by atoms with Crippen molar-refractivity contribution in [1.82, 2.24) is 0 Å². The van der Waals surface area contributed by atoms with Crippen LogP contribution < -0.4 is 5.73 Å². The third-order valence-electron chi connectivity index (χ3n) is 2.07. The second-order valence-corrected chi connectivity index (χ2v) is 2.83. The van der Waals surface area contributed by atoms with Gasteiger partial charge in [0, 0.05) is 0 Å². The monoisotopic (exact) mass is 145 g/mol. The Bertz CT molecular complexity index is 125. The van der Waals surface area contributed by atoms with Crippen LogP contribution in [0.3, 0.4) is 0 Å². The lowest BCUT2D eigenvalue weighted by Crippen LogP contribution is -2.36. The maximum absolute atomic E-state index is 9.21. The van der Waals surface area contributed by atoms with Gasteiger partial charge in [-0.05, 0) is 0 Å². The molecule has 2 rings (SSSR count). The van der Waals surface area contributed by atoms with Gasteiger partial charge in [0.1, 0.15) is 18.3 Å². The van der Waals surface area contributed by atoms with E-state index in [1.165, 1.54) is 0 Å². The Morgan fingerprint density at radius 1 is 1.20 bits per heavy atom. The van der Waals surface area contributed by atoms with Crippen LogP contribution in [0.2, 0.25) is 0 Å². The highest BCUT2D eigenvalue weighted by atomic mass is 16.6. The molecule has 4 heteroatoms. The van der Waals surface area contributed by atoms with Crippen LogP contribution in [0.15, 0.2) is 0 Å². The zero-order valence-corrected chi connectivity index (χ0v) is 5.56. The topological polar surface area (TPSA) is 64.7 Å². The Morgan fingerprint density at radius 3 is 2.60 bits per heavy atom. The molecule has 0 aliphatic carbocycles. The molecular formula is C6H11NO3. The van der Waals surface area contributed by atoms with Crippen molar-refractivity contribution in [1.29, 1.82) is 0 Å². The molecule has 2 saturated heterocycles. The zero-order chi connectivity index (χ0) is 7.14. The molecule has 4 nitrogen and oxygen atoms in total. The molecule has 2 aliphatic heterocycles. The van der Waals surface area contributed by atoms with Gasteiger partial charge < -0.3 is 20.3 Å². The normalized spacial score (nSPS) is 53.4. The predicted octanol–water partition coefficient (Wildman–Crippen LogP) is -1.53. The Kier molecular flexibility index (Phi) is 1.42. The molecule has 10 heavy (non-hydrogen) atoms. The highest BCUT2D eigenvalue weighted by Gasteiger charge is 2.45. The molecule has 3 N–H and O–H groups in total. The van der Waals surface area contributed by atoms with E-state index in [0.717, 1.165) is 0 Å². The molecule has 0 amide bonds. The van der Waals surface area contributed by atoms with Crippen molar-refractivity contribution in [2.75, 3.05) is 13.2 Å². The first-order valence-corrected chi connectivity index (χ1v) is 3.46. The van der Waals surface area contributed by atoms with E-state index >= 15 is 0 Å². The number of hydrogen-bond acceptors (Lipinski definition) is 4. The van der Waals surface area contributed by atoms with Gasteiger partial charge in [-0.2, -0.15) is 0 Å². The number of rotatable bonds is 0. The summed E-state index contributed by atoms with van der Waals surface area (Å²) >= 11 is 0. The Labute approximate surface area is 58.9 Å². The van der Waals surface area contributed by atoms with E-state index in [-0.39, 0.29) is 18.2 Å². The molecule has 0 aromatic heterocycles. The minimum absolute atomic E-state index is 0.0536. The molecular weight excluding hydrogens is 134 g/mol. The molecule has 2 fully saturated rings. The van der Waals surface area contributed by atoms with E-state index in [9.17, 15) is 5.11 Å². The smallest absolute Gasteiger partial charge is 0.113 e. The number of aliphatic hydroxyl groups excluding tert-OH is 1. The molecule has 0 saturated carbocycles. The van der Waals surface area contributed by atoms with Crippen molar-refractivity contribution >= 4 is 0 Å². The Hall–Kier alpha value is -0.160. The summed E-state index contributed by atoms with van der Waals surface area (Å²) in [5.74, 6) is 0. The maximum atomic E-state index is 9.21. The summed E-state index contributed by atoms with van der Waals surface area (Å²) in [5.41, 5.74) is 5.62. The van der Waals surface area contributed by atoms with Crippen LogP contribution in [0.5, 0.6) is 0 Å². The van der Waals surface area contributed by atoms with Crippen LogP contribution in [0, 0.1) is 0 Å². The third kappa shape index (κ3) is 0.769. The summed E-state index contributed by atoms with van der Waals surface area (Å²) in [6, 6.07) is -0.0536. The summed E-state index contributed by atoms with van der Waals surface area (Å²) < 4.78 is 10.4. The summed E-state index contributed by atoms with van der Waals surface area (Å²) in [4.78, 5) is 0. The minimum atomic E-state index is -0.474. The highest BCUT2D eigenvalue weighted by Crippen LogP contribution is 2.25. The lowest BCUT2D eigenvalue weighted by atomic mass is 10.1. The largest absolute Gasteiger partial charge is 0.388 e. The van der Waals surface area contributed by atoms with Crippen molar-refractivity contribution in [2.24, 2.45) is 5.73 Å². The maximum Gasteiger partial charge on any atom is 0.113 e. The van der Waals surface area contributed by atoms with Crippen LogP contribution >= 0.6 is 0 Å². The molecule has 0 spiro atoms. The second-order valence-electron chi connectivity index (χ2n) is 2.83. The molecule has 0 aromatic carbocycles. The fourth-order valence-electron chi connectivity index (χ4n) is 1.51. The summed E-state index contributed by atoms with van der Waals surface area (Å²) in [6.45, 7) is 0.870. The summed E-state index contributed by atoms with van der Waals surface area (Å²) in [5, 5.41) is 9.21. The molecule has 0 aromatic rings. The van der Waals surface area contributed by atoms with Crippen molar-refractivity contribution in [3.63, 3.8) is 0 Å². The molecule has 58 valence electrons. The second kappa shape index (κ2) is 2.17. The van der Waals surface area contributed by atoms with Gasteiger partial charge in [0.25, 0.3) is 0 Å². The minimum Gasteiger partial charge on any atom is -0.388 e. The number of fused-ring (bicyclic) bond motifs is 1. The van der Waals surface area contributed by atoms with Gasteiger partial charge in [0.15, 0.2) is 0 Å². The number of aliphatic hydroxyl groups is 1. The van der Waals surface area contributed by atoms with Gasteiger partial charge in [-0.1, -0.05) is 0 Å². The average molecular weight is 145 g/mol. The van der Waals surface area contributed by atoms with Crippen molar-refractivity contribution in [3.8, 4) is 0 Å². The average Bonchev–Trinajstić information content (AvgIpc) is 2.41. The van der Waals surface area contributed by atoms with Crippen molar-refractivity contribution in [2.45, 2.75) is 24.4 Å². The van der Waals surface area contributed by atoms with E-state index < -0.39 is 6.10 Å². The Morgan fingerprint density at radius 2 is 1.90 bits per heavy atom. The molecule has 0 bridgehead atoms. The summed E-state index contributed by atoms with van der Waals surface area (Å²) in [6.07, 6.45) is -0.719. The van der Waals surface area contributed by atoms with E-state index in [0.29, 0.717) is 13.2 Å². The third-order valence-corrected chi connectivity index (χ3v) is 2.07. The molecule has 4 atom stereocenters. The first-order chi connectivity index (χ1) is 4.79. The van der Waals surface area contributed by atoms with E-state index in [1.807, 2.05) is 0 Å². The van der Waals surface area contributed by atoms with Gasteiger partial charge in [-0.3, -0.25) is 0 Å². The van der Waals surface area contributed by atoms with Gasteiger partial charge in [-0.25, -0.2) is 0 Å². The molecule has 0 radical (unpaired) electrons. The van der Waals surface area contributed by atoms with Crippen LogP contribution in [-0.4, -0.2) is 42.7 Å².